The summed E-state index contributed by atoms with van der Waals surface area (Å²) in [7, 11) is 1.78. The van der Waals surface area contributed by atoms with Gasteiger partial charge in [-0.3, -0.25) is 0 Å². The second-order valence-corrected chi connectivity index (χ2v) is 18.5. The molecule has 27 heavy (non-hydrogen) atoms. The SMILES string of the molecule is CCCOC(=O)c1ccc(O)cc1.C[CH2][Hg][S]c1ccccc1C(=O)[O-].[Na+]. The first-order valence-electron chi connectivity index (χ1n) is 8.38. The molecule has 0 unspecified atom stereocenters. The number of ether oxygens (including phenoxy) is 1. The molecule has 0 fully saturated rings. The molecule has 5 nitrogen and oxygen atoms in total. The summed E-state index contributed by atoms with van der Waals surface area (Å²) in [6.45, 7) is 4.53. The molecule has 0 aromatic heterocycles. The summed E-state index contributed by atoms with van der Waals surface area (Å²) in [5.74, 6) is -1.26. The van der Waals surface area contributed by atoms with Crippen molar-refractivity contribution in [3.63, 3.8) is 0 Å². The third kappa shape index (κ3) is 10.5. The van der Waals surface area contributed by atoms with E-state index in [2.05, 4.69) is 6.92 Å². The molecule has 8 heteroatoms. The molecule has 0 aliphatic carbocycles. The van der Waals surface area contributed by atoms with Crippen molar-refractivity contribution in [1.82, 2.24) is 0 Å². The first-order valence-corrected chi connectivity index (χ1v) is 20.0. The Morgan fingerprint density at radius 3 is 2.30 bits per heavy atom. The second kappa shape index (κ2) is 15.4. The summed E-state index contributed by atoms with van der Waals surface area (Å²) in [6.07, 6.45) is 0.809. The van der Waals surface area contributed by atoms with Crippen molar-refractivity contribution < 1.29 is 77.2 Å². The van der Waals surface area contributed by atoms with Crippen LogP contribution in [0.3, 0.4) is 0 Å². The number of aromatic hydroxyl groups is 1. The van der Waals surface area contributed by atoms with Gasteiger partial charge in [0.15, 0.2) is 0 Å². The van der Waals surface area contributed by atoms with E-state index < -0.39 is 29.0 Å². The fourth-order valence-electron chi connectivity index (χ4n) is 1.85. The van der Waals surface area contributed by atoms with Gasteiger partial charge in [0.05, 0.1) is 12.2 Å². The maximum absolute atomic E-state index is 11.2. The Morgan fingerprint density at radius 1 is 1.11 bits per heavy atom. The van der Waals surface area contributed by atoms with Crippen LogP contribution in [0, 0.1) is 0 Å². The van der Waals surface area contributed by atoms with Crippen LogP contribution in [0.5, 0.6) is 5.75 Å². The number of esters is 1. The minimum Gasteiger partial charge on any atom is 1.00 e. The quantitative estimate of drug-likeness (QED) is 0.378. The monoisotopic (exact) mass is 586 g/mol. The van der Waals surface area contributed by atoms with Crippen molar-refractivity contribution >= 4 is 20.2 Å². The zero-order valence-electron chi connectivity index (χ0n) is 15.9. The summed E-state index contributed by atoms with van der Waals surface area (Å²) in [5.41, 5.74) is 0.812. The third-order valence-electron chi connectivity index (χ3n) is 3.11. The number of rotatable bonds is 7. The fourth-order valence-corrected chi connectivity index (χ4v) is 10.6. The maximum Gasteiger partial charge on any atom is 1.00 e. The average Bonchev–Trinajstić information content (AvgIpc) is 2.65. The number of hydrogen-bond donors (Lipinski definition) is 1. The van der Waals surface area contributed by atoms with Crippen molar-refractivity contribution in [2.75, 3.05) is 6.61 Å². The summed E-state index contributed by atoms with van der Waals surface area (Å²) in [6, 6.07) is 13.1. The van der Waals surface area contributed by atoms with Crippen LogP contribution in [0.1, 0.15) is 41.0 Å². The van der Waals surface area contributed by atoms with Crippen LogP contribution in [0.2, 0.25) is 3.93 Å². The van der Waals surface area contributed by atoms with Crippen LogP contribution < -0.4 is 34.7 Å². The zero-order chi connectivity index (χ0) is 19.4. The molecule has 1 N–H and O–H groups in total. The van der Waals surface area contributed by atoms with Crippen molar-refractivity contribution in [3.05, 3.63) is 59.7 Å². The Kier molecular flexibility index (Phi) is 15.1. The standard InChI is InChI=1S/C10H12O3.C7H6O2S.C2H5.Hg.Na/c1-2-7-13-10(12)8-3-5-9(11)6-4-8;8-7(9)5-3-1-2-4-6(5)10;1-2;;/h3-6,11H,2,7H2,1H3;1-4,10H,(H,8,9);1H2,2H3;;/q;;;2*+1/p-2. The van der Waals surface area contributed by atoms with Crippen molar-refractivity contribution in [2.45, 2.75) is 29.1 Å². The summed E-state index contributed by atoms with van der Waals surface area (Å²) < 4.78 is 6.15. The molecule has 0 amide bonds. The van der Waals surface area contributed by atoms with E-state index in [1.807, 2.05) is 19.1 Å². The van der Waals surface area contributed by atoms with Crippen molar-refractivity contribution in [1.29, 1.82) is 0 Å². The third-order valence-corrected chi connectivity index (χ3v) is 15.2. The number of benzene rings is 2. The van der Waals surface area contributed by atoms with Gasteiger partial charge in [-0.15, -0.1) is 0 Å². The minimum absolute atomic E-state index is 0. The van der Waals surface area contributed by atoms with E-state index in [0.29, 0.717) is 17.7 Å². The summed E-state index contributed by atoms with van der Waals surface area (Å²) >= 11 is -0.888. The van der Waals surface area contributed by atoms with Crippen LogP contribution in [0.25, 0.3) is 0 Å². The number of carboxylic acids is 1. The summed E-state index contributed by atoms with van der Waals surface area (Å²) in [4.78, 5) is 22.8. The molecule has 0 heterocycles. The van der Waals surface area contributed by atoms with E-state index in [9.17, 15) is 14.7 Å². The predicted octanol–water partition coefficient (Wildman–Crippen LogP) is 0.541. The predicted molar refractivity (Wildman–Crippen MR) is 95.8 cm³/mol. The number of aromatic carboxylic acids is 1. The van der Waals surface area contributed by atoms with Gasteiger partial charge in [0.25, 0.3) is 0 Å². The normalized spacial score (nSPS) is 9.11. The van der Waals surface area contributed by atoms with Crippen LogP contribution in [0.4, 0.5) is 0 Å². The molecule has 0 saturated carbocycles. The number of carbonyl (C=O) groups is 2. The van der Waals surface area contributed by atoms with Gasteiger partial charge in [-0.05, 0) is 30.7 Å². The molecule has 0 radical (unpaired) electrons. The van der Waals surface area contributed by atoms with E-state index in [1.54, 1.807) is 20.4 Å². The number of carbonyl (C=O) groups excluding carboxylic acids is 2. The Balaban J connectivity index is 0.000000483. The number of phenols is 1. The molecule has 2 aromatic carbocycles. The fraction of sp³-hybridized carbons (Fsp3) is 0.263. The molecular weight excluding hydrogens is 564 g/mol. The largest absolute Gasteiger partial charge is 1.00 e. The topological polar surface area (TPSA) is 86.7 Å². The molecule has 0 saturated heterocycles. The molecule has 136 valence electrons. The van der Waals surface area contributed by atoms with Crippen LogP contribution in [-0.2, 0) is 27.8 Å². The van der Waals surface area contributed by atoms with E-state index in [4.69, 9.17) is 9.84 Å². The number of carboxylic acid groups (broad SMARTS) is 1. The van der Waals surface area contributed by atoms with E-state index >= 15 is 0 Å². The van der Waals surface area contributed by atoms with Gasteiger partial charge in [-0.25, -0.2) is 4.79 Å². The Hall–Kier alpha value is -0.535. The Bertz CT molecular complexity index is 710. The van der Waals surface area contributed by atoms with Crippen molar-refractivity contribution in [2.24, 2.45) is 0 Å². The molecule has 0 spiro atoms. The zero-order valence-corrected chi connectivity index (χ0v) is 24.2. The smallest absolute Gasteiger partial charge is 1.00 e. The molecule has 2 aromatic rings. The van der Waals surface area contributed by atoms with E-state index in [1.165, 1.54) is 28.2 Å². The van der Waals surface area contributed by atoms with Crippen LogP contribution in [-0.4, -0.2) is 23.7 Å². The average molecular weight is 585 g/mol. The van der Waals surface area contributed by atoms with Crippen LogP contribution in [0.15, 0.2) is 53.4 Å². The van der Waals surface area contributed by atoms with Gasteiger partial charge in [0.2, 0.25) is 0 Å². The van der Waals surface area contributed by atoms with E-state index in [0.717, 1.165) is 11.3 Å². The Morgan fingerprint density at radius 2 is 1.74 bits per heavy atom. The molecule has 0 bridgehead atoms. The number of phenolic OH excluding ortho intramolecular Hbond substituents is 1. The molecule has 0 aliphatic heterocycles. The number of hydrogen-bond acceptors (Lipinski definition) is 6. The van der Waals surface area contributed by atoms with Crippen molar-refractivity contribution in [3.8, 4) is 5.75 Å². The van der Waals surface area contributed by atoms with Gasteiger partial charge >= 0.3 is 128 Å². The van der Waals surface area contributed by atoms with Gasteiger partial charge in [0, 0.05) is 0 Å². The van der Waals surface area contributed by atoms with Gasteiger partial charge in [-0.1, -0.05) is 6.92 Å². The van der Waals surface area contributed by atoms with Gasteiger partial charge < -0.3 is 9.84 Å². The molecule has 0 aliphatic rings. The van der Waals surface area contributed by atoms with Gasteiger partial charge in [0.1, 0.15) is 5.75 Å². The summed E-state index contributed by atoms with van der Waals surface area (Å²) in [5, 5.41) is 19.6. The molecule has 0 atom stereocenters. The maximum atomic E-state index is 11.2. The molecular formula is C19H21HgNaO5S. The Labute approximate surface area is 196 Å². The van der Waals surface area contributed by atoms with E-state index in [-0.39, 0.29) is 41.3 Å². The first-order chi connectivity index (χ1) is 12.5. The second-order valence-electron chi connectivity index (χ2n) is 5.31. The minimum atomic E-state index is -1.06. The van der Waals surface area contributed by atoms with Gasteiger partial charge in [-0.2, -0.15) is 0 Å². The van der Waals surface area contributed by atoms with Crippen LogP contribution >= 0.6 is 8.24 Å². The first kappa shape index (κ1) is 26.5. The molecule has 2 rings (SSSR count).